The minimum Gasteiger partial charge on any atom is -0.334 e. The van der Waals surface area contributed by atoms with Crippen LogP contribution in [0.15, 0.2) is 48.4 Å². The molecular weight excluding hydrogens is 228 g/mol. The molecule has 4 nitrogen and oxygen atoms in total. The number of aryl methyl sites for hydroxylation is 1. The third-order valence-electron chi connectivity index (χ3n) is 2.57. The second kappa shape index (κ2) is 6.59. The van der Waals surface area contributed by atoms with Crippen LogP contribution >= 0.6 is 0 Å². The molecule has 0 atom stereocenters. The average Bonchev–Trinajstić information content (AvgIpc) is 2.34. The highest BCUT2D eigenvalue weighted by Gasteiger charge is 2.12. The van der Waals surface area contributed by atoms with Gasteiger partial charge in [0.1, 0.15) is 6.54 Å². The molecule has 0 aliphatic carbocycles. The number of carbonyl (C=O) groups is 1. The lowest BCUT2D eigenvalue weighted by atomic mass is 10.3. The highest BCUT2D eigenvalue weighted by atomic mass is 16.2. The standard InChI is InChI=1S/C14H18N2O2/c1-4-8-15(9-5-2)13(17)11-16-10-6-7-12(3)14(16)18/h4-7,10H,1-2,8-9,11H2,3H3. The number of carbonyl (C=O) groups excluding carboxylic acids is 1. The second-order valence-electron chi connectivity index (χ2n) is 4.00. The maximum absolute atomic E-state index is 12.0. The first-order valence-corrected chi connectivity index (χ1v) is 5.75. The Bertz CT molecular complexity index is 493. The van der Waals surface area contributed by atoms with Gasteiger partial charge in [-0.25, -0.2) is 0 Å². The van der Waals surface area contributed by atoms with Crippen molar-refractivity contribution in [1.82, 2.24) is 9.47 Å². The predicted octanol–water partition coefficient (Wildman–Crippen LogP) is 1.36. The van der Waals surface area contributed by atoms with Crippen molar-refractivity contribution >= 4 is 5.91 Å². The van der Waals surface area contributed by atoms with Crippen LogP contribution in [0.25, 0.3) is 0 Å². The maximum atomic E-state index is 12.0. The zero-order chi connectivity index (χ0) is 13.5. The van der Waals surface area contributed by atoms with Gasteiger partial charge in [0, 0.05) is 24.8 Å². The van der Waals surface area contributed by atoms with Crippen LogP contribution in [0, 0.1) is 6.92 Å². The number of nitrogens with zero attached hydrogens (tertiary/aromatic N) is 2. The molecule has 4 heteroatoms. The molecule has 18 heavy (non-hydrogen) atoms. The van der Waals surface area contributed by atoms with Gasteiger partial charge < -0.3 is 9.47 Å². The Morgan fingerprint density at radius 2 is 2.00 bits per heavy atom. The third kappa shape index (κ3) is 3.45. The van der Waals surface area contributed by atoms with E-state index in [1.165, 1.54) is 4.57 Å². The first-order valence-electron chi connectivity index (χ1n) is 5.75. The molecule has 1 aromatic rings. The van der Waals surface area contributed by atoms with Crippen LogP contribution in [0.4, 0.5) is 0 Å². The van der Waals surface area contributed by atoms with Crippen molar-refractivity contribution in [1.29, 1.82) is 0 Å². The summed E-state index contributed by atoms with van der Waals surface area (Å²) in [7, 11) is 0. The Morgan fingerprint density at radius 3 is 2.56 bits per heavy atom. The predicted molar refractivity (Wildman–Crippen MR) is 72.4 cm³/mol. The van der Waals surface area contributed by atoms with Gasteiger partial charge in [0.25, 0.3) is 5.56 Å². The number of pyridine rings is 1. The van der Waals surface area contributed by atoms with E-state index in [2.05, 4.69) is 13.2 Å². The fourth-order valence-corrected chi connectivity index (χ4v) is 1.62. The van der Waals surface area contributed by atoms with Crippen molar-refractivity contribution in [2.45, 2.75) is 13.5 Å². The summed E-state index contributed by atoms with van der Waals surface area (Å²) in [4.78, 5) is 25.4. The summed E-state index contributed by atoms with van der Waals surface area (Å²) >= 11 is 0. The quantitative estimate of drug-likeness (QED) is 0.711. The van der Waals surface area contributed by atoms with Gasteiger partial charge in [0.15, 0.2) is 0 Å². The molecular formula is C14H18N2O2. The molecule has 0 radical (unpaired) electrons. The Kier molecular flexibility index (Phi) is 5.11. The van der Waals surface area contributed by atoms with E-state index in [4.69, 9.17) is 0 Å². The molecule has 96 valence electrons. The normalized spacial score (nSPS) is 9.83. The van der Waals surface area contributed by atoms with Crippen molar-refractivity contribution < 1.29 is 4.79 Å². The first-order chi connectivity index (χ1) is 8.60. The zero-order valence-corrected chi connectivity index (χ0v) is 10.6. The Morgan fingerprint density at radius 1 is 1.39 bits per heavy atom. The summed E-state index contributed by atoms with van der Waals surface area (Å²) < 4.78 is 1.41. The number of hydrogen-bond acceptors (Lipinski definition) is 2. The van der Waals surface area contributed by atoms with Gasteiger partial charge in [-0.3, -0.25) is 9.59 Å². The molecule has 0 aromatic carbocycles. The van der Waals surface area contributed by atoms with Crippen LogP contribution in [-0.2, 0) is 11.3 Å². The summed E-state index contributed by atoms with van der Waals surface area (Å²) in [6.07, 6.45) is 4.92. The fraction of sp³-hybridized carbons (Fsp3) is 0.286. The minimum absolute atomic E-state index is 0.0438. The smallest absolute Gasteiger partial charge is 0.253 e. The molecule has 0 aliphatic rings. The molecule has 0 unspecified atom stereocenters. The summed E-state index contributed by atoms with van der Waals surface area (Å²) in [5.41, 5.74) is 0.493. The molecule has 0 fully saturated rings. The second-order valence-corrected chi connectivity index (χ2v) is 4.00. The number of hydrogen-bond donors (Lipinski definition) is 0. The number of amides is 1. The fourth-order valence-electron chi connectivity index (χ4n) is 1.62. The van der Waals surface area contributed by atoms with Crippen molar-refractivity contribution in [2.75, 3.05) is 13.1 Å². The van der Waals surface area contributed by atoms with Gasteiger partial charge >= 0.3 is 0 Å². The first kappa shape index (κ1) is 14.0. The monoisotopic (exact) mass is 246 g/mol. The van der Waals surface area contributed by atoms with Crippen LogP contribution < -0.4 is 5.56 Å². The molecule has 0 aliphatic heterocycles. The topological polar surface area (TPSA) is 42.3 Å². The van der Waals surface area contributed by atoms with E-state index in [0.29, 0.717) is 18.7 Å². The minimum atomic E-state index is -0.136. The van der Waals surface area contributed by atoms with Crippen molar-refractivity contribution in [3.05, 3.63) is 59.6 Å². The van der Waals surface area contributed by atoms with Crippen LogP contribution in [-0.4, -0.2) is 28.5 Å². The lowest BCUT2D eigenvalue weighted by molar-refractivity contribution is -0.130. The van der Waals surface area contributed by atoms with E-state index in [-0.39, 0.29) is 18.0 Å². The molecule has 1 amide bonds. The molecule has 0 saturated heterocycles. The van der Waals surface area contributed by atoms with Gasteiger partial charge in [-0.1, -0.05) is 18.2 Å². The van der Waals surface area contributed by atoms with E-state index in [0.717, 1.165) is 0 Å². The molecule has 0 spiro atoms. The van der Waals surface area contributed by atoms with E-state index < -0.39 is 0 Å². The van der Waals surface area contributed by atoms with Crippen LogP contribution in [0.2, 0.25) is 0 Å². The Balaban J connectivity index is 2.85. The highest BCUT2D eigenvalue weighted by molar-refractivity contribution is 5.76. The Labute approximate surface area is 107 Å². The van der Waals surface area contributed by atoms with E-state index in [1.54, 1.807) is 42.3 Å². The molecule has 0 saturated carbocycles. The number of rotatable bonds is 6. The lowest BCUT2D eigenvalue weighted by Crippen LogP contribution is -2.36. The largest absolute Gasteiger partial charge is 0.334 e. The molecule has 1 rings (SSSR count). The zero-order valence-electron chi connectivity index (χ0n) is 10.6. The van der Waals surface area contributed by atoms with Gasteiger partial charge in [0.05, 0.1) is 0 Å². The summed E-state index contributed by atoms with van der Waals surface area (Å²) in [6, 6.07) is 3.49. The average molecular weight is 246 g/mol. The van der Waals surface area contributed by atoms with Crippen LogP contribution in [0.5, 0.6) is 0 Å². The maximum Gasteiger partial charge on any atom is 0.253 e. The summed E-state index contributed by atoms with van der Waals surface area (Å²) in [5, 5.41) is 0. The summed E-state index contributed by atoms with van der Waals surface area (Å²) in [5.74, 6) is -0.123. The highest BCUT2D eigenvalue weighted by Crippen LogP contribution is 1.95. The molecule has 1 aromatic heterocycles. The van der Waals surface area contributed by atoms with Crippen molar-refractivity contribution in [3.8, 4) is 0 Å². The SMILES string of the molecule is C=CCN(CC=C)C(=O)Cn1cccc(C)c1=O. The van der Waals surface area contributed by atoms with Gasteiger partial charge in [0.2, 0.25) is 5.91 Å². The van der Waals surface area contributed by atoms with E-state index in [1.807, 2.05) is 0 Å². The van der Waals surface area contributed by atoms with Crippen molar-refractivity contribution in [2.24, 2.45) is 0 Å². The lowest BCUT2D eigenvalue weighted by Gasteiger charge is -2.19. The van der Waals surface area contributed by atoms with Crippen LogP contribution in [0.3, 0.4) is 0 Å². The molecule has 0 N–H and O–H groups in total. The van der Waals surface area contributed by atoms with E-state index in [9.17, 15) is 9.59 Å². The van der Waals surface area contributed by atoms with Crippen LogP contribution in [0.1, 0.15) is 5.56 Å². The van der Waals surface area contributed by atoms with E-state index >= 15 is 0 Å². The van der Waals surface area contributed by atoms with Gasteiger partial charge in [-0.15, -0.1) is 13.2 Å². The van der Waals surface area contributed by atoms with Crippen molar-refractivity contribution in [3.63, 3.8) is 0 Å². The molecule has 0 bridgehead atoms. The number of aromatic nitrogens is 1. The van der Waals surface area contributed by atoms with Gasteiger partial charge in [-0.2, -0.15) is 0 Å². The Hall–Kier alpha value is -2.10. The van der Waals surface area contributed by atoms with Gasteiger partial charge in [-0.05, 0) is 13.0 Å². The summed E-state index contributed by atoms with van der Waals surface area (Å²) in [6.45, 7) is 9.89. The molecule has 1 heterocycles. The third-order valence-corrected chi connectivity index (χ3v) is 2.57.